The number of pyridine rings is 1. The standard InChI is InChI=1S/C13H16BrN3O/c1-9(14)13(2,3)16-12(18)10-8-15-17-7-5-4-6-11(10)17/h4-9H,1-3H3,(H,16,18). The monoisotopic (exact) mass is 309 g/mol. The molecule has 0 saturated heterocycles. The van der Waals surface area contributed by atoms with Gasteiger partial charge in [-0.15, -0.1) is 0 Å². The molecule has 0 radical (unpaired) electrons. The molecule has 0 aliphatic rings. The summed E-state index contributed by atoms with van der Waals surface area (Å²) in [6.07, 6.45) is 3.42. The highest BCUT2D eigenvalue weighted by Crippen LogP contribution is 2.18. The molecule has 2 aromatic rings. The summed E-state index contributed by atoms with van der Waals surface area (Å²) in [5.41, 5.74) is 1.09. The maximum atomic E-state index is 12.3. The fourth-order valence-electron chi connectivity index (χ4n) is 1.57. The van der Waals surface area contributed by atoms with E-state index in [1.165, 1.54) is 0 Å². The van der Waals surface area contributed by atoms with Crippen molar-refractivity contribution in [2.24, 2.45) is 0 Å². The maximum absolute atomic E-state index is 12.3. The predicted molar refractivity (Wildman–Crippen MR) is 75.1 cm³/mol. The number of nitrogens with zero attached hydrogens (tertiary/aromatic N) is 2. The molecule has 0 spiro atoms. The number of nitrogens with one attached hydrogen (secondary N) is 1. The minimum atomic E-state index is -0.319. The number of carbonyl (C=O) groups excluding carboxylic acids is 1. The van der Waals surface area contributed by atoms with E-state index in [9.17, 15) is 4.79 Å². The fourth-order valence-corrected chi connectivity index (χ4v) is 1.68. The second-order valence-electron chi connectivity index (χ2n) is 4.88. The molecule has 0 aliphatic carbocycles. The Morgan fingerprint density at radius 3 is 2.89 bits per heavy atom. The van der Waals surface area contributed by atoms with Gasteiger partial charge in [0.05, 0.1) is 17.3 Å². The van der Waals surface area contributed by atoms with E-state index in [0.29, 0.717) is 5.56 Å². The summed E-state index contributed by atoms with van der Waals surface area (Å²) >= 11 is 3.50. The number of carbonyl (C=O) groups is 1. The van der Waals surface area contributed by atoms with Gasteiger partial charge in [-0.25, -0.2) is 4.52 Å². The van der Waals surface area contributed by atoms with Gasteiger partial charge >= 0.3 is 0 Å². The number of alkyl halides is 1. The zero-order valence-electron chi connectivity index (χ0n) is 10.6. The van der Waals surface area contributed by atoms with Crippen molar-refractivity contribution in [2.75, 3.05) is 0 Å². The van der Waals surface area contributed by atoms with Crippen LogP contribution in [-0.2, 0) is 0 Å². The molecule has 0 fully saturated rings. The third kappa shape index (κ3) is 2.41. The third-order valence-corrected chi connectivity index (χ3v) is 4.25. The molecular weight excluding hydrogens is 294 g/mol. The summed E-state index contributed by atoms with van der Waals surface area (Å²) in [5.74, 6) is -0.104. The molecule has 1 N–H and O–H groups in total. The Balaban J connectivity index is 2.30. The number of fused-ring (bicyclic) bond motifs is 1. The molecule has 2 aromatic heterocycles. The van der Waals surface area contributed by atoms with E-state index < -0.39 is 0 Å². The van der Waals surface area contributed by atoms with E-state index >= 15 is 0 Å². The van der Waals surface area contributed by atoms with Crippen LogP contribution in [0.4, 0.5) is 0 Å². The molecule has 4 nitrogen and oxygen atoms in total. The van der Waals surface area contributed by atoms with Crippen molar-refractivity contribution in [1.82, 2.24) is 14.9 Å². The number of hydrogen-bond acceptors (Lipinski definition) is 2. The Labute approximate surface area is 115 Å². The minimum Gasteiger partial charge on any atom is -0.346 e. The number of hydrogen-bond donors (Lipinski definition) is 1. The van der Waals surface area contributed by atoms with Crippen LogP contribution in [0, 0.1) is 0 Å². The van der Waals surface area contributed by atoms with Crippen LogP contribution >= 0.6 is 15.9 Å². The second-order valence-corrected chi connectivity index (χ2v) is 6.25. The first-order valence-corrected chi connectivity index (χ1v) is 6.72. The van der Waals surface area contributed by atoms with Crippen molar-refractivity contribution >= 4 is 27.4 Å². The molecule has 0 aliphatic heterocycles. The molecule has 1 amide bonds. The smallest absolute Gasteiger partial charge is 0.255 e. The predicted octanol–water partition coefficient (Wildman–Crippen LogP) is 2.63. The van der Waals surface area contributed by atoms with Crippen LogP contribution in [-0.4, -0.2) is 25.9 Å². The molecule has 2 heterocycles. The van der Waals surface area contributed by atoms with Gasteiger partial charge in [-0.3, -0.25) is 4.79 Å². The molecule has 0 saturated carbocycles. The van der Waals surface area contributed by atoms with Crippen LogP contribution < -0.4 is 5.32 Å². The van der Waals surface area contributed by atoms with Gasteiger partial charge in [-0.1, -0.05) is 28.9 Å². The van der Waals surface area contributed by atoms with Crippen LogP contribution in [0.2, 0.25) is 0 Å². The van der Waals surface area contributed by atoms with Gasteiger partial charge in [-0.05, 0) is 26.0 Å². The Morgan fingerprint density at radius 1 is 1.50 bits per heavy atom. The highest BCUT2D eigenvalue weighted by Gasteiger charge is 2.27. The summed E-state index contributed by atoms with van der Waals surface area (Å²) in [6, 6.07) is 5.66. The lowest BCUT2D eigenvalue weighted by atomic mass is 10.0. The van der Waals surface area contributed by atoms with Gasteiger partial charge in [0.25, 0.3) is 5.91 Å². The van der Waals surface area contributed by atoms with E-state index in [-0.39, 0.29) is 16.3 Å². The number of rotatable bonds is 3. The van der Waals surface area contributed by atoms with Crippen molar-refractivity contribution in [2.45, 2.75) is 31.1 Å². The summed E-state index contributed by atoms with van der Waals surface area (Å²) in [7, 11) is 0. The topological polar surface area (TPSA) is 46.4 Å². The summed E-state index contributed by atoms with van der Waals surface area (Å²) in [6.45, 7) is 5.97. The number of amides is 1. The van der Waals surface area contributed by atoms with E-state index in [1.54, 1.807) is 10.7 Å². The first kappa shape index (κ1) is 13.1. The Bertz CT molecular complexity index is 574. The SMILES string of the molecule is CC(Br)C(C)(C)NC(=O)c1cnn2ccccc12. The average Bonchev–Trinajstić information content (AvgIpc) is 2.71. The van der Waals surface area contributed by atoms with Gasteiger partial charge in [0.1, 0.15) is 0 Å². The van der Waals surface area contributed by atoms with Crippen LogP contribution in [0.1, 0.15) is 31.1 Å². The lowest BCUT2D eigenvalue weighted by Crippen LogP contribution is -2.48. The zero-order chi connectivity index (χ0) is 13.3. The summed E-state index contributed by atoms with van der Waals surface area (Å²) < 4.78 is 1.69. The van der Waals surface area contributed by atoms with Gasteiger partial charge in [0.2, 0.25) is 0 Å². The van der Waals surface area contributed by atoms with Gasteiger partial charge in [0.15, 0.2) is 0 Å². The molecule has 0 aromatic carbocycles. The Morgan fingerprint density at radius 2 is 2.22 bits per heavy atom. The zero-order valence-corrected chi connectivity index (χ0v) is 12.2. The molecule has 0 bridgehead atoms. The molecule has 1 atom stereocenters. The maximum Gasteiger partial charge on any atom is 0.255 e. The third-order valence-electron chi connectivity index (χ3n) is 3.10. The lowest BCUT2D eigenvalue weighted by molar-refractivity contribution is 0.0915. The van der Waals surface area contributed by atoms with E-state index in [2.05, 4.69) is 26.3 Å². The highest BCUT2D eigenvalue weighted by atomic mass is 79.9. The van der Waals surface area contributed by atoms with Crippen molar-refractivity contribution in [3.8, 4) is 0 Å². The van der Waals surface area contributed by atoms with Gasteiger partial charge in [0, 0.05) is 16.6 Å². The molecule has 96 valence electrons. The van der Waals surface area contributed by atoms with E-state index in [0.717, 1.165) is 5.52 Å². The summed E-state index contributed by atoms with van der Waals surface area (Å²) in [4.78, 5) is 12.4. The fraction of sp³-hybridized carbons (Fsp3) is 0.385. The molecule has 2 rings (SSSR count). The summed E-state index contributed by atoms with van der Waals surface area (Å²) in [5, 5.41) is 7.17. The van der Waals surface area contributed by atoms with Crippen LogP contribution in [0.25, 0.3) is 5.52 Å². The largest absolute Gasteiger partial charge is 0.346 e. The lowest BCUT2D eigenvalue weighted by Gasteiger charge is -2.29. The number of aromatic nitrogens is 2. The Kier molecular flexibility index (Phi) is 3.43. The van der Waals surface area contributed by atoms with Crippen molar-refractivity contribution in [1.29, 1.82) is 0 Å². The number of halogens is 1. The quantitative estimate of drug-likeness (QED) is 0.886. The first-order chi connectivity index (χ1) is 8.42. The van der Waals surface area contributed by atoms with Crippen LogP contribution in [0.3, 0.4) is 0 Å². The second kappa shape index (κ2) is 4.72. The van der Waals surface area contributed by atoms with E-state index in [4.69, 9.17) is 0 Å². The van der Waals surface area contributed by atoms with Gasteiger partial charge in [-0.2, -0.15) is 5.10 Å². The Hall–Kier alpha value is -1.36. The molecule has 5 heteroatoms. The van der Waals surface area contributed by atoms with E-state index in [1.807, 2.05) is 45.2 Å². The minimum absolute atomic E-state index is 0.104. The van der Waals surface area contributed by atoms with Crippen molar-refractivity contribution in [3.05, 3.63) is 36.2 Å². The first-order valence-electron chi connectivity index (χ1n) is 5.81. The molecule has 1 unspecified atom stereocenters. The molecule has 18 heavy (non-hydrogen) atoms. The normalized spacial score (nSPS) is 13.6. The highest BCUT2D eigenvalue weighted by molar-refractivity contribution is 9.09. The molecular formula is C13H16BrN3O. The van der Waals surface area contributed by atoms with Crippen molar-refractivity contribution in [3.63, 3.8) is 0 Å². The van der Waals surface area contributed by atoms with Crippen LogP contribution in [0.15, 0.2) is 30.6 Å². The van der Waals surface area contributed by atoms with Crippen LogP contribution in [0.5, 0.6) is 0 Å². The van der Waals surface area contributed by atoms with Gasteiger partial charge < -0.3 is 5.32 Å². The van der Waals surface area contributed by atoms with Crippen molar-refractivity contribution < 1.29 is 4.79 Å². The average molecular weight is 310 g/mol.